The first-order chi connectivity index (χ1) is 6.87. The van der Waals surface area contributed by atoms with Crippen molar-refractivity contribution in [2.75, 3.05) is 5.32 Å². The summed E-state index contributed by atoms with van der Waals surface area (Å²) >= 11 is 0. The van der Waals surface area contributed by atoms with Crippen LogP contribution in [0.5, 0.6) is 0 Å². The molecule has 15 heavy (non-hydrogen) atoms. The highest BCUT2D eigenvalue weighted by molar-refractivity contribution is 5.35. The van der Waals surface area contributed by atoms with Gasteiger partial charge < -0.3 is 5.32 Å². The molecule has 0 unspecified atom stereocenters. The highest BCUT2D eigenvalue weighted by Gasteiger charge is 2.11. The summed E-state index contributed by atoms with van der Waals surface area (Å²) in [5.41, 5.74) is -0.118. The minimum Gasteiger partial charge on any atom is -0.365 e. The summed E-state index contributed by atoms with van der Waals surface area (Å²) in [5, 5.41) is 3.07. The van der Waals surface area contributed by atoms with E-state index < -0.39 is 5.95 Å². The predicted octanol–water partition coefficient (Wildman–Crippen LogP) is 3.16. The number of nitrogens with zero attached hydrogens (tertiary/aromatic N) is 2. The van der Waals surface area contributed by atoms with E-state index >= 15 is 0 Å². The van der Waals surface area contributed by atoms with Gasteiger partial charge in [-0.25, -0.2) is 9.97 Å². The zero-order valence-corrected chi connectivity index (χ0v) is 10.3. The van der Waals surface area contributed by atoms with Crippen molar-refractivity contribution in [2.45, 2.75) is 47.1 Å². The topological polar surface area (TPSA) is 37.8 Å². The van der Waals surface area contributed by atoms with Crippen LogP contribution in [0.4, 0.5) is 10.2 Å². The summed E-state index contributed by atoms with van der Waals surface area (Å²) in [7, 11) is 0. The Labute approximate surface area is 91.1 Å². The highest BCUT2D eigenvalue weighted by Crippen LogP contribution is 2.12. The molecule has 86 valence electrons. The molecule has 1 heterocycles. The molecule has 0 radical (unpaired) electrons. The van der Waals surface area contributed by atoms with E-state index in [0.717, 1.165) is 0 Å². The quantitative estimate of drug-likeness (QED) is 0.728. The maximum atomic E-state index is 12.8. The van der Waals surface area contributed by atoms with Gasteiger partial charge in [-0.05, 0) is 27.7 Å². The van der Waals surface area contributed by atoms with E-state index in [1.165, 1.54) is 6.07 Å². The van der Waals surface area contributed by atoms with Crippen LogP contribution in [-0.4, -0.2) is 15.5 Å². The van der Waals surface area contributed by atoms with Crippen LogP contribution in [0.2, 0.25) is 0 Å². The third kappa shape index (κ3) is 5.99. The van der Waals surface area contributed by atoms with Crippen molar-refractivity contribution in [2.24, 2.45) is 0 Å². The van der Waals surface area contributed by atoms with Crippen LogP contribution in [0, 0.1) is 12.9 Å². The smallest absolute Gasteiger partial charge is 0.218 e. The Hall–Kier alpha value is -1.19. The third-order valence-electron chi connectivity index (χ3n) is 1.31. The summed E-state index contributed by atoms with van der Waals surface area (Å²) in [6.07, 6.45) is 0. The van der Waals surface area contributed by atoms with Crippen molar-refractivity contribution in [3.05, 3.63) is 17.8 Å². The number of aryl methyl sites for hydroxylation is 1. The molecule has 0 fully saturated rings. The molecule has 0 spiro atoms. The van der Waals surface area contributed by atoms with E-state index in [-0.39, 0.29) is 5.54 Å². The number of rotatable bonds is 1. The molecule has 0 saturated carbocycles. The Morgan fingerprint density at radius 1 is 1.20 bits per heavy atom. The minimum absolute atomic E-state index is 0.118. The van der Waals surface area contributed by atoms with Crippen molar-refractivity contribution < 1.29 is 4.39 Å². The fourth-order valence-corrected chi connectivity index (χ4v) is 0.980. The van der Waals surface area contributed by atoms with Crippen LogP contribution in [-0.2, 0) is 0 Å². The standard InChI is InChI=1S/C9H14FN3.C2H6/c1-6-11-7(10)5-8(12-6)13-9(2,3)4;1-2/h5H,1-4H3,(H,11,12,13);1-2H3. The number of aromatic nitrogens is 2. The molecule has 1 aromatic rings. The molecule has 0 atom stereocenters. The lowest BCUT2D eigenvalue weighted by Gasteiger charge is -2.21. The Balaban J connectivity index is 0.000000921. The van der Waals surface area contributed by atoms with E-state index in [9.17, 15) is 4.39 Å². The lowest BCUT2D eigenvalue weighted by Crippen LogP contribution is -2.27. The van der Waals surface area contributed by atoms with Crippen LogP contribution in [0.25, 0.3) is 0 Å². The number of nitrogens with one attached hydrogen (secondary N) is 1. The molecule has 0 bridgehead atoms. The van der Waals surface area contributed by atoms with E-state index in [2.05, 4.69) is 15.3 Å². The van der Waals surface area contributed by atoms with Crippen LogP contribution in [0.3, 0.4) is 0 Å². The van der Waals surface area contributed by atoms with Crippen LogP contribution in [0.15, 0.2) is 6.07 Å². The molecule has 1 aromatic heterocycles. The van der Waals surface area contributed by atoms with Crippen molar-refractivity contribution in [1.29, 1.82) is 0 Å². The maximum Gasteiger partial charge on any atom is 0.218 e. The Kier molecular flexibility index (Phi) is 5.19. The molecular weight excluding hydrogens is 193 g/mol. The van der Waals surface area contributed by atoms with Gasteiger partial charge in [-0.3, -0.25) is 0 Å². The van der Waals surface area contributed by atoms with Crippen molar-refractivity contribution in [3.8, 4) is 0 Å². The zero-order valence-electron chi connectivity index (χ0n) is 10.3. The predicted molar refractivity (Wildman–Crippen MR) is 61.5 cm³/mol. The fraction of sp³-hybridized carbons (Fsp3) is 0.636. The first-order valence-corrected chi connectivity index (χ1v) is 5.16. The van der Waals surface area contributed by atoms with E-state index in [4.69, 9.17) is 0 Å². The van der Waals surface area contributed by atoms with Crippen molar-refractivity contribution >= 4 is 5.82 Å². The van der Waals surface area contributed by atoms with Crippen LogP contribution >= 0.6 is 0 Å². The molecule has 0 aromatic carbocycles. The largest absolute Gasteiger partial charge is 0.365 e. The van der Waals surface area contributed by atoms with Gasteiger partial charge in [0, 0.05) is 11.6 Å². The van der Waals surface area contributed by atoms with Gasteiger partial charge in [0.15, 0.2) is 0 Å². The summed E-state index contributed by atoms with van der Waals surface area (Å²) < 4.78 is 12.8. The first kappa shape index (κ1) is 13.8. The number of hydrogen-bond acceptors (Lipinski definition) is 3. The van der Waals surface area contributed by atoms with E-state index in [1.54, 1.807) is 6.92 Å². The molecule has 0 aliphatic carbocycles. The molecule has 4 heteroatoms. The monoisotopic (exact) mass is 213 g/mol. The first-order valence-electron chi connectivity index (χ1n) is 5.16. The zero-order chi connectivity index (χ0) is 12.1. The number of halogens is 1. The molecular formula is C11H20FN3. The molecule has 0 saturated heterocycles. The Bertz CT molecular complexity index is 285. The molecule has 0 aliphatic rings. The Morgan fingerprint density at radius 2 is 1.73 bits per heavy atom. The SMILES string of the molecule is CC.Cc1nc(F)cc(NC(C)(C)C)n1. The molecule has 1 rings (SSSR count). The highest BCUT2D eigenvalue weighted by atomic mass is 19.1. The van der Waals surface area contributed by atoms with E-state index in [0.29, 0.717) is 11.6 Å². The van der Waals surface area contributed by atoms with E-state index in [1.807, 2.05) is 34.6 Å². The molecule has 0 aliphatic heterocycles. The summed E-state index contributed by atoms with van der Waals surface area (Å²) in [6, 6.07) is 1.29. The Morgan fingerprint density at radius 3 is 2.13 bits per heavy atom. The van der Waals surface area contributed by atoms with Crippen LogP contribution in [0.1, 0.15) is 40.4 Å². The van der Waals surface area contributed by atoms with Gasteiger partial charge in [0.1, 0.15) is 11.6 Å². The van der Waals surface area contributed by atoms with Gasteiger partial charge in [-0.1, -0.05) is 13.8 Å². The van der Waals surface area contributed by atoms with Crippen LogP contribution < -0.4 is 5.32 Å². The molecule has 0 amide bonds. The molecule has 3 nitrogen and oxygen atoms in total. The van der Waals surface area contributed by atoms with Crippen molar-refractivity contribution in [1.82, 2.24) is 9.97 Å². The summed E-state index contributed by atoms with van der Waals surface area (Å²) in [5.74, 6) is 0.462. The second-order valence-corrected chi connectivity index (χ2v) is 4.00. The lowest BCUT2D eigenvalue weighted by molar-refractivity contribution is 0.570. The number of anilines is 1. The van der Waals surface area contributed by atoms with Gasteiger partial charge >= 0.3 is 0 Å². The second kappa shape index (κ2) is 5.63. The van der Waals surface area contributed by atoms with Gasteiger partial charge in [0.2, 0.25) is 5.95 Å². The maximum absolute atomic E-state index is 12.8. The summed E-state index contributed by atoms with van der Waals surface area (Å²) in [4.78, 5) is 7.60. The van der Waals surface area contributed by atoms with Gasteiger partial charge in [0.25, 0.3) is 0 Å². The van der Waals surface area contributed by atoms with Gasteiger partial charge in [0.05, 0.1) is 0 Å². The van der Waals surface area contributed by atoms with Gasteiger partial charge in [-0.2, -0.15) is 4.39 Å². The molecule has 1 N–H and O–H groups in total. The van der Waals surface area contributed by atoms with Gasteiger partial charge in [-0.15, -0.1) is 0 Å². The minimum atomic E-state index is -0.501. The summed E-state index contributed by atoms with van der Waals surface area (Å²) in [6.45, 7) is 11.6. The fourth-order valence-electron chi connectivity index (χ4n) is 0.980. The third-order valence-corrected chi connectivity index (χ3v) is 1.31. The number of hydrogen-bond donors (Lipinski definition) is 1. The second-order valence-electron chi connectivity index (χ2n) is 4.00. The average Bonchev–Trinajstić information content (AvgIpc) is 2.02. The van der Waals surface area contributed by atoms with Crippen molar-refractivity contribution in [3.63, 3.8) is 0 Å². The average molecular weight is 213 g/mol. The lowest BCUT2D eigenvalue weighted by atomic mass is 10.1. The normalized spacial score (nSPS) is 10.3.